The molecule has 0 aromatic rings. The number of hydrogen-bond donors (Lipinski definition) is 1. The van der Waals surface area contributed by atoms with Crippen LogP contribution in [0, 0.1) is 5.92 Å². The summed E-state index contributed by atoms with van der Waals surface area (Å²) in [6, 6.07) is 0. The van der Waals surface area contributed by atoms with Gasteiger partial charge in [-0.25, -0.2) is 0 Å². The van der Waals surface area contributed by atoms with Crippen LogP contribution in [0.25, 0.3) is 0 Å². The molecule has 0 saturated carbocycles. The monoisotopic (exact) mass is 243 g/mol. The van der Waals surface area contributed by atoms with Gasteiger partial charge in [-0.1, -0.05) is 5.16 Å². The quantitative estimate of drug-likeness (QED) is 0.428. The number of carbonyl (C=O) groups excluding carboxylic acids is 1. The maximum atomic E-state index is 12.4. The summed E-state index contributed by atoms with van der Waals surface area (Å²) < 4.78 is 41.5. The van der Waals surface area contributed by atoms with Gasteiger partial charge in [-0.2, -0.15) is 13.2 Å². The van der Waals surface area contributed by atoms with Crippen molar-refractivity contribution >= 4 is 23.4 Å². The van der Waals surface area contributed by atoms with Crippen LogP contribution in [0.4, 0.5) is 13.2 Å². The van der Waals surface area contributed by atoms with Gasteiger partial charge < -0.3 is 9.94 Å². The largest absolute Gasteiger partial charge is 0.468 e. The fraction of sp³-hybridized carbons (Fsp3) is 0.714. The van der Waals surface area contributed by atoms with Gasteiger partial charge in [0.1, 0.15) is 11.2 Å². The first-order valence-electron chi connectivity index (χ1n) is 3.89. The predicted octanol–water partition coefficient (Wildman–Crippen LogP) is 1.28. The molecule has 4 nitrogen and oxygen atoms in total. The van der Waals surface area contributed by atoms with E-state index in [2.05, 4.69) is 9.89 Å². The van der Waals surface area contributed by atoms with E-state index in [9.17, 15) is 18.0 Å². The summed E-state index contributed by atoms with van der Waals surface area (Å²) >= 11 is 0.757. The second-order valence-electron chi connectivity index (χ2n) is 2.86. The Kier molecular flexibility index (Phi) is 3.48. The molecule has 2 unspecified atom stereocenters. The first kappa shape index (κ1) is 12.2. The summed E-state index contributed by atoms with van der Waals surface area (Å²) in [5.74, 6) is -3.04. The van der Waals surface area contributed by atoms with E-state index < -0.39 is 29.0 Å². The lowest BCUT2D eigenvalue weighted by Crippen LogP contribution is -2.35. The first-order chi connectivity index (χ1) is 6.91. The molecule has 0 radical (unpaired) electrons. The summed E-state index contributed by atoms with van der Waals surface area (Å²) in [6.45, 7) is 0. The van der Waals surface area contributed by atoms with Crippen molar-refractivity contribution in [2.75, 3.05) is 12.9 Å². The number of esters is 1. The summed E-state index contributed by atoms with van der Waals surface area (Å²) in [5.41, 5.74) is -0.584. The molecule has 0 aromatic heterocycles. The van der Waals surface area contributed by atoms with Gasteiger partial charge in [-0.15, -0.1) is 11.8 Å². The zero-order chi connectivity index (χ0) is 11.6. The van der Waals surface area contributed by atoms with Gasteiger partial charge in [0.05, 0.1) is 12.8 Å². The summed E-state index contributed by atoms with van der Waals surface area (Å²) in [7, 11) is 1.07. The average Bonchev–Trinajstić information content (AvgIpc) is 2.59. The second-order valence-corrected chi connectivity index (χ2v) is 3.99. The minimum Gasteiger partial charge on any atom is -0.468 e. The van der Waals surface area contributed by atoms with Crippen LogP contribution in [-0.4, -0.2) is 41.2 Å². The molecule has 1 fully saturated rings. The Labute approximate surface area is 87.5 Å². The van der Waals surface area contributed by atoms with Crippen LogP contribution in [0.15, 0.2) is 5.16 Å². The molecule has 1 aliphatic rings. The zero-order valence-corrected chi connectivity index (χ0v) is 8.43. The average molecular weight is 243 g/mol. The van der Waals surface area contributed by atoms with Crippen LogP contribution in [0.1, 0.15) is 0 Å². The third-order valence-electron chi connectivity index (χ3n) is 1.98. The lowest BCUT2D eigenvalue weighted by molar-refractivity contribution is -0.150. The Morgan fingerprint density at radius 2 is 2.27 bits per heavy atom. The molecule has 2 atom stereocenters. The molecule has 0 bridgehead atoms. The van der Waals surface area contributed by atoms with Gasteiger partial charge in [0.25, 0.3) is 0 Å². The van der Waals surface area contributed by atoms with Gasteiger partial charge in [0.15, 0.2) is 0 Å². The predicted molar refractivity (Wildman–Crippen MR) is 47.0 cm³/mol. The maximum Gasteiger partial charge on any atom is 0.397 e. The van der Waals surface area contributed by atoms with Crippen molar-refractivity contribution in [3.05, 3.63) is 0 Å². The summed E-state index contributed by atoms with van der Waals surface area (Å²) in [6.07, 6.45) is -4.50. The molecule has 1 heterocycles. The maximum absolute atomic E-state index is 12.4. The van der Waals surface area contributed by atoms with E-state index in [1.807, 2.05) is 0 Å². The number of nitrogens with zero attached hydrogens (tertiary/aromatic N) is 1. The van der Waals surface area contributed by atoms with Gasteiger partial charge in [-0.05, 0) is 0 Å². The van der Waals surface area contributed by atoms with Crippen molar-refractivity contribution < 1.29 is 27.9 Å². The minimum absolute atomic E-state index is 0.331. The summed E-state index contributed by atoms with van der Waals surface area (Å²) in [5, 5.41) is 9.88. The van der Waals surface area contributed by atoms with Crippen LogP contribution in [-0.2, 0) is 9.53 Å². The van der Waals surface area contributed by atoms with Crippen LogP contribution in [0.5, 0.6) is 0 Å². The molecule has 15 heavy (non-hydrogen) atoms. The Balaban J connectivity index is 2.89. The highest BCUT2D eigenvalue weighted by atomic mass is 32.2. The van der Waals surface area contributed by atoms with Crippen molar-refractivity contribution in [2.45, 2.75) is 11.4 Å². The number of carbonyl (C=O) groups is 1. The number of halogens is 3. The van der Waals surface area contributed by atoms with Gasteiger partial charge in [-0.3, -0.25) is 4.79 Å². The molecule has 0 amide bonds. The fourth-order valence-corrected chi connectivity index (χ4v) is 2.59. The van der Waals surface area contributed by atoms with E-state index in [4.69, 9.17) is 5.21 Å². The molecule has 0 aliphatic carbocycles. The van der Waals surface area contributed by atoms with Crippen LogP contribution >= 0.6 is 11.8 Å². The SMILES string of the molecule is COC(=O)C1SCC(C(F)(F)F)C1=NO. The third-order valence-corrected chi connectivity index (χ3v) is 3.27. The van der Waals surface area contributed by atoms with E-state index in [1.54, 1.807) is 0 Å². The number of hydrogen-bond acceptors (Lipinski definition) is 5. The number of methoxy groups -OCH3 is 1. The van der Waals surface area contributed by atoms with E-state index in [0.717, 1.165) is 18.9 Å². The van der Waals surface area contributed by atoms with Gasteiger partial charge in [0, 0.05) is 5.75 Å². The van der Waals surface area contributed by atoms with Crippen LogP contribution < -0.4 is 0 Å². The van der Waals surface area contributed by atoms with Crippen LogP contribution in [0.3, 0.4) is 0 Å². The lowest BCUT2D eigenvalue weighted by atomic mass is 10.0. The fourth-order valence-electron chi connectivity index (χ4n) is 1.23. The number of thioether (sulfide) groups is 1. The molecule has 1 rings (SSSR count). The Bertz CT molecular complexity index is 292. The molecular weight excluding hydrogens is 235 g/mol. The Hall–Kier alpha value is -0.920. The lowest BCUT2D eigenvalue weighted by Gasteiger charge is -2.14. The molecule has 8 heteroatoms. The minimum atomic E-state index is -4.50. The number of alkyl halides is 3. The normalized spacial score (nSPS) is 29.5. The van der Waals surface area contributed by atoms with E-state index in [0.29, 0.717) is 0 Å². The molecule has 86 valence electrons. The standard InChI is InChI=1S/C7H8F3NO3S/c1-14-6(12)5-4(11-13)3(2-15-5)7(8,9)10/h3,5,13H,2H2,1H3. The number of ether oxygens (including phenoxy) is 1. The first-order valence-corrected chi connectivity index (χ1v) is 4.94. The second kappa shape index (κ2) is 4.30. The Morgan fingerprint density at radius 3 is 2.67 bits per heavy atom. The van der Waals surface area contributed by atoms with Crippen LogP contribution in [0.2, 0.25) is 0 Å². The van der Waals surface area contributed by atoms with Crippen molar-refractivity contribution in [3.8, 4) is 0 Å². The molecule has 1 aliphatic heterocycles. The highest BCUT2D eigenvalue weighted by Crippen LogP contribution is 2.39. The molecular formula is C7H8F3NO3S. The Morgan fingerprint density at radius 1 is 1.67 bits per heavy atom. The summed E-state index contributed by atoms with van der Waals surface area (Å²) in [4.78, 5) is 11.1. The molecule has 1 N–H and O–H groups in total. The number of rotatable bonds is 1. The van der Waals surface area contributed by atoms with E-state index in [-0.39, 0.29) is 5.75 Å². The van der Waals surface area contributed by atoms with Crippen molar-refractivity contribution in [3.63, 3.8) is 0 Å². The zero-order valence-electron chi connectivity index (χ0n) is 7.61. The van der Waals surface area contributed by atoms with Gasteiger partial charge in [0.2, 0.25) is 0 Å². The topological polar surface area (TPSA) is 58.9 Å². The van der Waals surface area contributed by atoms with Gasteiger partial charge >= 0.3 is 12.1 Å². The molecule has 0 aromatic carbocycles. The third kappa shape index (κ3) is 2.36. The molecule has 0 spiro atoms. The molecule has 1 saturated heterocycles. The highest BCUT2D eigenvalue weighted by Gasteiger charge is 2.52. The van der Waals surface area contributed by atoms with Crippen molar-refractivity contribution in [1.29, 1.82) is 0 Å². The van der Waals surface area contributed by atoms with Crippen molar-refractivity contribution in [1.82, 2.24) is 0 Å². The van der Waals surface area contributed by atoms with E-state index >= 15 is 0 Å². The highest BCUT2D eigenvalue weighted by molar-refractivity contribution is 8.01. The number of oxime groups is 1. The van der Waals surface area contributed by atoms with E-state index in [1.165, 1.54) is 0 Å². The smallest absolute Gasteiger partial charge is 0.397 e. The van der Waals surface area contributed by atoms with Crippen molar-refractivity contribution in [2.24, 2.45) is 11.1 Å².